The molecule has 7 heteroatoms. The van der Waals surface area contributed by atoms with Gasteiger partial charge in [-0.15, -0.1) is 0 Å². The molecule has 0 saturated heterocycles. The van der Waals surface area contributed by atoms with Gasteiger partial charge in [-0.2, -0.15) is 4.98 Å². The standard InChI is InChI=1S/C16H15N5O2/c1-10-8-12(5-7-18-10)14-20-16(23-21-14)11(2)19-15(22)13-4-3-6-17-9-13/h3-9,11H,1-2H3,(H,19,22)/t11-/m0/s1. The summed E-state index contributed by atoms with van der Waals surface area (Å²) in [5.74, 6) is 0.560. The fourth-order valence-corrected chi connectivity index (χ4v) is 2.05. The second-order valence-electron chi connectivity index (χ2n) is 5.08. The zero-order valence-electron chi connectivity index (χ0n) is 12.7. The number of nitrogens with zero attached hydrogens (tertiary/aromatic N) is 4. The Morgan fingerprint density at radius 3 is 2.91 bits per heavy atom. The van der Waals surface area contributed by atoms with Crippen molar-refractivity contribution in [1.82, 2.24) is 25.4 Å². The van der Waals surface area contributed by atoms with Crippen LogP contribution in [0.25, 0.3) is 11.4 Å². The van der Waals surface area contributed by atoms with Crippen molar-refractivity contribution in [2.24, 2.45) is 0 Å². The number of hydrogen-bond donors (Lipinski definition) is 1. The van der Waals surface area contributed by atoms with E-state index in [-0.39, 0.29) is 5.91 Å². The molecule has 0 bridgehead atoms. The quantitative estimate of drug-likeness (QED) is 0.795. The van der Waals surface area contributed by atoms with E-state index in [9.17, 15) is 4.79 Å². The normalized spacial score (nSPS) is 11.9. The first kappa shape index (κ1) is 14.8. The summed E-state index contributed by atoms with van der Waals surface area (Å²) in [6, 6.07) is 6.66. The summed E-state index contributed by atoms with van der Waals surface area (Å²) in [5, 5.41) is 6.75. The van der Waals surface area contributed by atoms with Crippen LogP contribution in [0.15, 0.2) is 47.4 Å². The predicted molar refractivity (Wildman–Crippen MR) is 82.4 cm³/mol. The molecule has 0 aliphatic heterocycles. The molecule has 0 aromatic carbocycles. The average molecular weight is 309 g/mol. The molecule has 116 valence electrons. The van der Waals surface area contributed by atoms with Crippen LogP contribution in [0.5, 0.6) is 0 Å². The van der Waals surface area contributed by atoms with Crippen molar-refractivity contribution in [3.63, 3.8) is 0 Å². The average Bonchev–Trinajstić information content (AvgIpc) is 3.06. The van der Waals surface area contributed by atoms with Gasteiger partial charge in [0.15, 0.2) is 0 Å². The highest BCUT2D eigenvalue weighted by molar-refractivity contribution is 5.93. The van der Waals surface area contributed by atoms with Crippen LogP contribution in [0.1, 0.15) is 34.9 Å². The molecular weight excluding hydrogens is 294 g/mol. The van der Waals surface area contributed by atoms with Crippen molar-refractivity contribution >= 4 is 5.91 Å². The Balaban J connectivity index is 1.74. The van der Waals surface area contributed by atoms with Crippen molar-refractivity contribution in [3.05, 3.63) is 60.0 Å². The van der Waals surface area contributed by atoms with Crippen molar-refractivity contribution in [3.8, 4) is 11.4 Å². The fraction of sp³-hybridized carbons (Fsp3) is 0.188. The Kier molecular flexibility index (Phi) is 4.09. The molecule has 23 heavy (non-hydrogen) atoms. The van der Waals surface area contributed by atoms with Crippen molar-refractivity contribution < 1.29 is 9.32 Å². The first-order valence-corrected chi connectivity index (χ1v) is 7.11. The number of rotatable bonds is 4. The minimum Gasteiger partial charge on any atom is -0.340 e. The van der Waals surface area contributed by atoms with Gasteiger partial charge in [0.2, 0.25) is 11.7 Å². The SMILES string of the molecule is Cc1cc(-c2noc([C@H](C)NC(=O)c3cccnc3)n2)ccn1. The molecule has 7 nitrogen and oxygen atoms in total. The molecule has 0 aliphatic carbocycles. The minimum absolute atomic E-state index is 0.245. The number of pyridine rings is 2. The lowest BCUT2D eigenvalue weighted by atomic mass is 10.2. The summed E-state index contributed by atoms with van der Waals surface area (Å²) in [6.45, 7) is 3.67. The van der Waals surface area contributed by atoms with Crippen LogP contribution in [0.2, 0.25) is 0 Å². The first-order chi connectivity index (χ1) is 11.1. The van der Waals surface area contributed by atoms with E-state index in [1.165, 1.54) is 6.20 Å². The Morgan fingerprint density at radius 2 is 2.17 bits per heavy atom. The maximum absolute atomic E-state index is 12.1. The van der Waals surface area contributed by atoms with E-state index in [0.717, 1.165) is 11.3 Å². The van der Waals surface area contributed by atoms with Crippen LogP contribution >= 0.6 is 0 Å². The highest BCUT2D eigenvalue weighted by Crippen LogP contribution is 2.19. The second-order valence-corrected chi connectivity index (χ2v) is 5.08. The fourth-order valence-electron chi connectivity index (χ4n) is 2.05. The number of carbonyl (C=O) groups excluding carboxylic acids is 1. The van der Waals surface area contributed by atoms with Gasteiger partial charge >= 0.3 is 0 Å². The van der Waals surface area contributed by atoms with Gasteiger partial charge in [0, 0.05) is 29.8 Å². The van der Waals surface area contributed by atoms with Crippen molar-refractivity contribution in [2.75, 3.05) is 0 Å². The molecule has 3 heterocycles. The molecule has 0 aliphatic rings. The van der Waals surface area contributed by atoms with Crippen molar-refractivity contribution in [1.29, 1.82) is 0 Å². The summed E-state index contributed by atoms with van der Waals surface area (Å²) in [6.07, 6.45) is 4.80. The Morgan fingerprint density at radius 1 is 1.30 bits per heavy atom. The lowest BCUT2D eigenvalue weighted by Gasteiger charge is -2.09. The Hall–Kier alpha value is -3.09. The number of nitrogens with one attached hydrogen (secondary N) is 1. The monoisotopic (exact) mass is 309 g/mol. The molecule has 1 amide bonds. The van der Waals surface area contributed by atoms with Gasteiger partial charge < -0.3 is 9.84 Å². The maximum atomic E-state index is 12.1. The van der Waals surface area contributed by atoms with Crippen LogP contribution in [-0.4, -0.2) is 26.0 Å². The lowest BCUT2D eigenvalue weighted by molar-refractivity contribution is 0.0932. The van der Waals surface area contributed by atoms with Gasteiger partial charge in [-0.05, 0) is 38.1 Å². The summed E-state index contributed by atoms with van der Waals surface area (Å²) in [7, 11) is 0. The van der Waals surface area contributed by atoms with Gasteiger partial charge in [0.05, 0.1) is 5.56 Å². The van der Waals surface area contributed by atoms with E-state index in [2.05, 4.69) is 25.4 Å². The molecule has 0 fully saturated rings. The van der Waals surface area contributed by atoms with E-state index in [4.69, 9.17) is 4.52 Å². The molecule has 3 aromatic heterocycles. The third kappa shape index (κ3) is 3.39. The summed E-state index contributed by atoms with van der Waals surface area (Å²) in [4.78, 5) is 24.5. The lowest BCUT2D eigenvalue weighted by Crippen LogP contribution is -2.26. The molecule has 1 atom stereocenters. The molecule has 3 aromatic rings. The third-order valence-electron chi connectivity index (χ3n) is 3.24. The minimum atomic E-state index is -0.410. The number of aromatic nitrogens is 4. The van der Waals surface area contributed by atoms with E-state index < -0.39 is 6.04 Å². The van der Waals surface area contributed by atoms with Gasteiger partial charge in [-0.25, -0.2) is 0 Å². The zero-order valence-corrected chi connectivity index (χ0v) is 12.7. The summed E-state index contributed by atoms with van der Waals surface area (Å²) < 4.78 is 5.25. The van der Waals surface area contributed by atoms with Gasteiger partial charge in [0.25, 0.3) is 5.91 Å². The van der Waals surface area contributed by atoms with Gasteiger partial charge in [0.1, 0.15) is 6.04 Å². The van der Waals surface area contributed by atoms with Crippen LogP contribution < -0.4 is 5.32 Å². The molecule has 1 N–H and O–H groups in total. The summed E-state index contributed by atoms with van der Waals surface area (Å²) >= 11 is 0. The van der Waals surface area contributed by atoms with E-state index >= 15 is 0 Å². The van der Waals surface area contributed by atoms with E-state index in [1.807, 2.05) is 13.0 Å². The van der Waals surface area contributed by atoms with Crippen LogP contribution in [0.4, 0.5) is 0 Å². The number of aryl methyl sites for hydroxylation is 1. The number of hydrogen-bond acceptors (Lipinski definition) is 6. The molecule has 0 radical (unpaired) electrons. The topological polar surface area (TPSA) is 93.8 Å². The van der Waals surface area contributed by atoms with E-state index in [0.29, 0.717) is 17.3 Å². The smallest absolute Gasteiger partial charge is 0.253 e. The van der Waals surface area contributed by atoms with Gasteiger partial charge in [-0.1, -0.05) is 5.16 Å². The molecule has 0 saturated carbocycles. The molecule has 0 spiro atoms. The zero-order chi connectivity index (χ0) is 16.2. The van der Waals surface area contributed by atoms with E-state index in [1.54, 1.807) is 37.5 Å². The number of carbonyl (C=O) groups is 1. The maximum Gasteiger partial charge on any atom is 0.253 e. The van der Waals surface area contributed by atoms with Crippen molar-refractivity contribution in [2.45, 2.75) is 19.9 Å². The molecule has 0 unspecified atom stereocenters. The second kappa shape index (κ2) is 6.35. The Bertz CT molecular complexity index is 816. The Labute approximate surface area is 132 Å². The van der Waals surface area contributed by atoms with Crippen LogP contribution in [0, 0.1) is 6.92 Å². The first-order valence-electron chi connectivity index (χ1n) is 7.11. The highest BCUT2D eigenvalue weighted by Gasteiger charge is 2.18. The molecule has 3 rings (SSSR count). The van der Waals surface area contributed by atoms with Crippen LogP contribution in [-0.2, 0) is 0 Å². The highest BCUT2D eigenvalue weighted by atomic mass is 16.5. The predicted octanol–water partition coefficient (Wildman–Crippen LogP) is 2.33. The van der Waals surface area contributed by atoms with Crippen LogP contribution in [0.3, 0.4) is 0 Å². The largest absolute Gasteiger partial charge is 0.340 e. The summed E-state index contributed by atoms with van der Waals surface area (Å²) in [5.41, 5.74) is 2.16. The third-order valence-corrected chi connectivity index (χ3v) is 3.24. The number of amides is 1. The van der Waals surface area contributed by atoms with Gasteiger partial charge in [-0.3, -0.25) is 14.8 Å². The molecular formula is C16H15N5O2.